The van der Waals surface area contributed by atoms with Crippen molar-refractivity contribution in [1.29, 1.82) is 0 Å². The largest absolute Gasteiger partial charge is 0.480 e. The van der Waals surface area contributed by atoms with E-state index in [2.05, 4.69) is 4.74 Å². The maximum atomic E-state index is 11.3. The molecular weight excluding hydrogens is 172 g/mol. The maximum Gasteiger partial charge on any atom is 0.323 e. The van der Waals surface area contributed by atoms with E-state index in [1.807, 2.05) is 0 Å². The Morgan fingerprint density at radius 1 is 1.38 bits per heavy atom. The number of hydrogen-bond donors (Lipinski definition) is 1. The molecule has 0 aromatic heterocycles. The molecule has 1 N–H and O–H groups in total. The van der Waals surface area contributed by atoms with Crippen LogP contribution in [0.15, 0.2) is 0 Å². The zero-order valence-electron chi connectivity index (χ0n) is 7.45. The monoisotopic (exact) mass is 184 g/mol. The normalized spacial score (nSPS) is 41.0. The van der Waals surface area contributed by atoms with Gasteiger partial charge in [0.05, 0.1) is 7.11 Å². The van der Waals surface area contributed by atoms with E-state index in [9.17, 15) is 9.59 Å². The maximum absolute atomic E-state index is 11.3. The van der Waals surface area contributed by atoms with Gasteiger partial charge in [-0.05, 0) is 24.7 Å². The second-order valence-electron chi connectivity index (χ2n) is 3.81. The van der Waals surface area contributed by atoms with Gasteiger partial charge in [0.2, 0.25) is 0 Å². The van der Waals surface area contributed by atoms with Gasteiger partial charge in [-0.1, -0.05) is 6.42 Å². The average Bonchev–Trinajstić information content (AvgIpc) is 2.52. The Bertz CT molecular complexity index is 261. The Labute approximate surface area is 75.9 Å². The second kappa shape index (κ2) is 2.47. The summed E-state index contributed by atoms with van der Waals surface area (Å²) in [5.74, 6) is -1.49. The molecule has 2 aliphatic carbocycles. The fourth-order valence-electron chi connectivity index (χ4n) is 2.83. The lowest BCUT2D eigenvalue weighted by Crippen LogP contribution is -2.31. The lowest BCUT2D eigenvalue weighted by Gasteiger charge is -2.12. The first-order valence-corrected chi connectivity index (χ1v) is 4.47. The van der Waals surface area contributed by atoms with Gasteiger partial charge in [-0.25, -0.2) is 0 Å². The molecule has 2 aliphatic rings. The Hall–Kier alpha value is -1.06. The number of esters is 1. The summed E-state index contributed by atoms with van der Waals surface area (Å²) in [5.41, 5.74) is -1.17. The van der Waals surface area contributed by atoms with Gasteiger partial charge in [-0.2, -0.15) is 0 Å². The standard InChI is InChI=1S/C9H12O4/c1-13-8(12)9(7(10)11)5-3-2-4-6(5)9/h5-6H,2-4H2,1H3,(H,10,11). The van der Waals surface area contributed by atoms with E-state index in [4.69, 9.17) is 5.11 Å². The molecule has 0 aromatic carbocycles. The van der Waals surface area contributed by atoms with Gasteiger partial charge in [-0.3, -0.25) is 9.59 Å². The van der Waals surface area contributed by atoms with E-state index in [0.29, 0.717) is 0 Å². The average molecular weight is 184 g/mol. The molecule has 0 aliphatic heterocycles. The fourth-order valence-corrected chi connectivity index (χ4v) is 2.83. The van der Waals surface area contributed by atoms with Crippen molar-refractivity contribution >= 4 is 11.9 Å². The zero-order valence-corrected chi connectivity index (χ0v) is 7.45. The number of carbonyl (C=O) groups is 2. The highest BCUT2D eigenvalue weighted by Crippen LogP contribution is 2.67. The summed E-state index contributed by atoms with van der Waals surface area (Å²) in [6.07, 6.45) is 2.75. The molecule has 2 rings (SSSR count). The van der Waals surface area contributed by atoms with Gasteiger partial charge in [0.25, 0.3) is 0 Å². The number of carboxylic acid groups (broad SMARTS) is 1. The summed E-state index contributed by atoms with van der Waals surface area (Å²) in [6.45, 7) is 0. The van der Waals surface area contributed by atoms with Crippen molar-refractivity contribution in [3.8, 4) is 0 Å². The molecule has 0 heterocycles. The highest BCUT2D eigenvalue weighted by Gasteiger charge is 2.76. The molecule has 2 unspecified atom stereocenters. The zero-order chi connectivity index (χ0) is 9.64. The minimum atomic E-state index is -1.17. The molecule has 0 amide bonds. The summed E-state index contributed by atoms with van der Waals surface area (Å²) < 4.78 is 4.56. The molecule has 4 heteroatoms. The predicted molar refractivity (Wildman–Crippen MR) is 42.9 cm³/mol. The smallest absolute Gasteiger partial charge is 0.323 e. The number of methoxy groups -OCH3 is 1. The first-order valence-electron chi connectivity index (χ1n) is 4.47. The highest BCUT2D eigenvalue weighted by atomic mass is 16.5. The number of ether oxygens (including phenoxy) is 1. The number of rotatable bonds is 2. The number of aliphatic carboxylic acids is 1. The van der Waals surface area contributed by atoms with Crippen LogP contribution in [0.3, 0.4) is 0 Å². The van der Waals surface area contributed by atoms with Crippen LogP contribution < -0.4 is 0 Å². The van der Waals surface area contributed by atoms with Crippen molar-refractivity contribution in [3.63, 3.8) is 0 Å². The summed E-state index contributed by atoms with van der Waals surface area (Å²) in [5, 5.41) is 9.01. The highest BCUT2D eigenvalue weighted by molar-refractivity contribution is 6.03. The number of carboxylic acids is 1. The Kier molecular flexibility index (Phi) is 1.62. The van der Waals surface area contributed by atoms with Gasteiger partial charge < -0.3 is 9.84 Å². The van der Waals surface area contributed by atoms with E-state index in [-0.39, 0.29) is 11.8 Å². The summed E-state index contributed by atoms with van der Waals surface area (Å²) in [6, 6.07) is 0. The Morgan fingerprint density at radius 3 is 2.31 bits per heavy atom. The molecular formula is C9H12O4. The van der Waals surface area contributed by atoms with Crippen LogP contribution in [0.1, 0.15) is 19.3 Å². The molecule has 13 heavy (non-hydrogen) atoms. The van der Waals surface area contributed by atoms with Crippen LogP contribution in [0.5, 0.6) is 0 Å². The van der Waals surface area contributed by atoms with Crippen molar-refractivity contribution < 1.29 is 19.4 Å². The summed E-state index contributed by atoms with van der Waals surface area (Å²) >= 11 is 0. The van der Waals surface area contributed by atoms with E-state index in [1.54, 1.807) is 0 Å². The van der Waals surface area contributed by atoms with Crippen LogP contribution in [0.25, 0.3) is 0 Å². The number of carbonyl (C=O) groups excluding carboxylic acids is 1. The van der Waals surface area contributed by atoms with Crippen LogP contribution in [0.2, 0.25) is 0 Å². The minimum absolute atomic E-state index is 0.0393. The van der Waals surface area contributed by atoms with Gasteiger partial charge in [-0.15, -0.1) is 0 Å². The molecule has 2 saturated carbocycles. The van der Waals surface area contributed by atoms with Gasteiger partial charge >= 0.3 is 11.9 Å². The first kappa shape index (κ1) is 8.53. The molecule has 2 fully saturated rings. The van der Waals surface area contributed by atoms with Gasteiger partial charge in [0, 0.05) is 0 Å². The third kappa shape index (κ3) is 0.806. The third-order valence-corrected chi connectivity index (χ3v) is 3.45. The number of fused-ring (bicyclic) bond motifs is 1. The van der Waals surface area contributed by atoms with Crippen LogP contribution >= 0.6 is 0 Å². The third-order valence-electron chi connectivity index (χ3n) is 3.45. The fraction of sp³-hybridized carbons (Fsp3) is 0.778. The van der Waals surface area contributed by atoms with E-state index in [1.165, 1.54) is 7.11 Å². The van der Waals surface area contributed by atoms with Crippen molar-refractivity contribution in [1.82, 2.24) is 0 Å². The molecule has 0 bridgehead atoms. The van der Waals surface area contributed by atoms with Crippen molar-refractivity contribution in [2.75, 3.05) is 7.11 Å². The van der Waals surface area contributed by atoms with Crippen molar-refractivity contribution in [2.45, 2.75) is 19.3 Å². The van der Waals surface area contributed by atoms with Gasteiger partial charge in [0.15, 0.2) is 5.41 Å². The SMILES string of the molecule is COC(=O)C1(C(=O)O)C2CCCC21. The Morgan fingerprint density at radius 2 is 1.92 bits per heavy atom. The van der Waals surface area contributed by atoms with Crippen LogP contribution in [-0.4, -0.2) is 24.2 Å². The van der Waals surface area contributed by atoms with Crippen molar-refractivity contribution in [2.24, 2.45) is 17.3 Å². The molecule has 0 saturated heterocycles. The van der Waals surface area contributed by atoms with Crippen molar-refractivity contribution in [3.05, 3.63) is 0 Å². The van der Waals surface area contributed by atoms with E-state index < -0.39 is 17.4 Å². The van der Waals surface area contributed by atoms with E-state index in [0.717, 1.165) is 19.3 Å². The number of hydrogen-bond acceptors (Lipinski definition) is 3. The predicted octanol–water partition coefficient (Wildman–Crippen LogP) is 0.660. The van der Waals surface area contributed by atoms with Crippen LogP contribution in [-0.2, 0) is 14.3 Å². The first-order chi connectivity index (χ1) is 6.15. The molecule has 0 radical (unpaired) electrons. The molecule has 0 aromatic rings. The lowest BCUT2D eigenvalue weighted by molar-refractivity contribution is -0.161. The van der Waals surface area contributed by atoms with Crippen LogP contribution in [0, 0.1) is 17.3 Å². The summed E-state index contributed by atoms with van der Waals surface area (Å²) in [7, 11) is 1.25. The molecule has 0 spiro atoms. The summed E-state index contributed by atoms with van der Waals surface area (Å²) in [4.78, 5) is 22.3. The lowest BCUT2D eigenvalue weighted by atomic mass is 9.96. The van der Waals surface area contributed by atoms with Crippen LogP contribution in [0.4, 0.5) is 0 Å². The molecule has 2 atom stereocenters. The second-order valence-corrected chi connectivity index (χ2v) is 3.81. The topological polar surface area (TPSA) is 63.6 Å². The van der Waals surface area contributed by atoms with Gasteiger partial charge in [0.1, 0.15) is 0 Å². The van der Waals surface area contributed by atoms with E-state index >= 15 is 0 Å². The molecule has 72 valence electrons. The minimum Gasteiger partial charge on any atom is -0.480 e. The molecule has 4 nitrogen and oxygen atoms in total. The quantitative estimate of drug-likeness (QED) is 0.505. The Balaban J connectivity index is 2.26.